The molecule has 0 atom stereocenters. The van der Waals surface area contributed by atoms with Gasteiger partial charge in [-0.05, 0) is 44.0 Å². The quantitative estimate of drug-likeness (QED) is 0.570. The molecule has 0 radical (unpaired) electrons. The Kier molecular flexibility index (Phi) is 7.99. The number of ether oxygens (including phenoxy) is 1. The largest absolute Gasteiger partial charge is 0.459 e. The number of nitrogens with zero attached hydrogens (tertiary/aromatic N) is 2. The zero-order chi connectivity index (χ0) is 21.6. The van der Waals surface area contributed by atoms with Crippen LogP contribution in [0.1, 0.15) is 42.3 Å². The molecule has 6 heteroatoms. The summed E-state index contributed by atoms with van der Waals surface area (Å²) in [5.74, 6) is -0.309. The van der Waals surface area contributed by atoms with Gasteiger partial charge >= 0.3 is 5.97 Å². The second kappa shape index (κ2) is 10.0. The van der Waals surface area contributed by atoms with Crippen molar-refractivity contribution in [2.75, 3.05) is 20.6 Å². The number of rotatable bonds is 7. The Morgan fingerprint density at radius 1 is 1.00 bits per heavy atom. The van der Waals surface area contributed by atoms with Crippen molar-refractivity contribution >= 4 is 27.8 Å². The lowest BCUT2D eigenvalue weighted by Gasteiger charge is -2.25. The zero-order valence-electron chi connectivity index (χ0n) is 17.7. The van der Waals surface area contributed by atoms with Gasteiger partial charge in [0.05, 0.1) is 6.54 Å². The molecule has 0 unspecified atom stereocenters. The average Bonchev–Trinajstić information content (AvgIpc) is 2.61. The van der Waals surface area contributed by atoms with Crippen LogP contribution < -0.4 is 0 Å². The minimum absolute atomic E-state index is 0.0489. The molecule has 1 amide bonds. The molecule has 5 nitrogen and oxygen atoms in total. The van der Waals surface area contributed by atoms with E-state index in [1.54, 1.807) is 19.0 Å². The lowest BCUT2D eigenvalue weighted by atomic mass is 10.1. The van der Waals surface area contributed by atoms with Gasteiger partial charge in [0.1, 0.15) is 5.60 Å². The van der Waals surface area contributed by atoms with Crippen molar-refractivity contribution < 1.29 is 14.3 Å². The fourth-order valence-electron chi connectivity index (χ4n) is 2.87. The number of carbonyl (C=O) groups excluding carboxylic acids is 2. The van der Waals surface area contributed by atoms with Gasteiger partial charge in [-0.2, -0.15) is 0 Å². The molecule has 0 saturated heterocycles. The van der Waals surface area contributed by atoms with E-state index in [1.165, 1.54) is 0 Å². The van der Waals surface area contributed by atoms with Crippen molar-refractivity contribution in [1.29, 1.82) is 0 Å². The molecule has 2 aromatic carbocycles. The maximum absolute atomic E-state index is 12.4. The zero-order valence-corrected chi connectivity index (χ0v) is 19.3. The third-order valence-electron chi connectivity index (χ3n) is 4.12. The average molecular weight is 461 g/mol. The standard InChI is InChI=1S/C23H29BrN2O3/c1-23(2,3)29-21(27)16-26(14-17-9-7-6-8-10-17)15-19-12-11-18(13-20(19)24)22(28)25(4)5/h6-13H,14-16H2,1-5H3. The summed E-state index contributed by atoms with van der Waals surface area (Å²) in [5, 5.41) is 0. The van der Waals surface area contributed by atoms with Gasteiger partial charge in [0.2, 0.25) is 0 Å². The number of carbonyl (C=O) groups is 2. The van der Waals surface area contributed by atoms with Gasteiger partial charge in [-0.25, -0.2) is 0 Å². The van der Waals surface area contributed by atoms with Crippen LogP contribution in [0.5, 0.6) is 0 Å². The molecule has 2 rings (SSSR count). The smallest absolute Gasteiger partial charge is 0.320 e. The van der Waals surface area contributed by atoms with Crippen molar-refractivity contribution in [2.45, 2.75) is 39.5 Å². The first-order valence-electron chi connectivity index (χ1n) is 9.53. The van der Waals surface area contributed by atoms with E-state index >= 15 is 0 Å². The molecule has 0 heterocycles. The first-order chi connectivity index (χ1) is 13.5. The molecule has 0 N–H and O–H groups in total. The van der Waals surface area contributed by atoms with E-state index in [4.69, 9.17) is 4.74 Å². The van der Waals surface area contributed by atoms with Crippen LogP contribution >= 0.6 is 15.9 Å². The minimum Gasteiger partial charge on any atom is -0.459 e. The molecular formula is C23H29BrN2O3. The van der Waals surface area contributed by atoms with Crippen LogP contribution in [0.4, 0.5) is 0 Å². The number of hydrogen-bond acceptors (Lipinski definition) is 4. The molecule has 29 heavy (non-hydrogen) atoms. The van der Waals surface area contributed by atoms with Crippen LogP contribution in [0.2, 0.25) is 0 Å². The van der Waals surface area contributed by atoms with Gasteiger partial charge in [-0.1, -0.05) is 52.3 Å². The Labute approximate surface area is 181 Å². The van der Waals surface area contributed by atoms with Crippen LogP contribution in [0, 0.1) is 0 Å². The highest BCUT2D eigenvalue weighted by atomic mass is 79.9. The summed E-state index contributed by atoms with van der Waals surface area (Å²) in [5.41, 5.74) is 2.21. The van der Waals surface area contributed by atoms with E-state index in [0.717, 1.165) is 15.6 Å². The van der Waals surface area contributed by atoms with E-state index in [2.05, 4.69) is 15.9 Å². The Bertz CT molecular complexity index is 845. The molecule has 156 valence electrons. The number of hydrogen-bond donors (Lipinski definition) is 0. The van der Waals surface area contributed by atoms with Crippen molar-refractivity contribution in [1.82, 2.24) is 9.80 Å². The molecular weight excluding hydrogens is 432 g/mol. The molecule has 0 fully saturated rings. The summed E-state index contributed by atoms with van der Waals surface area (Å²) in [6, 6.07) is 15.6. The third kappa shape index (κ3) is 7.63. The number of benzene rings is 2. The van der Waals surface area contributed by atoms with Crippen LogP contribution in [-0.4, -0.2) is 47.9 Å². The van der Waals surface area contributed by atoms with E-state index in [9.17, 15) is 9.59 Å². The maximum atomic E-state index is 12.4. The molecule has 0 aliphatic rings. The van der Waals surface area contributed by atoms with E-state index in [0.29, 0.717) is 18.7 Å². The predicted molar refractivity (Wildman–Crippen MR) is 119 cm³/mol. The van der Waals surface area contributed by atoms with E-state index in [-0.39, 0.29) is 18.4 Å². The van der Waals surface area contributed by atoms with Crippen LogP contribution in [0.25, 0.3) is 0 Å². The summed E-state index contributed by atoms with van der Waals surface area (Å²) in [7, 11) is 3.46. The number of esters is 1. The fourth-order valence-corrected chi connectivity index (χ4v) is 3.38. The highest BCUT2D eigenvalue weighted by Crippen LogP contribution is 2.22. The van der Waals surface area contributed by atoms with Gasteiger partial charge in [0.15, 0.2) is 0 Å². The van der Waals surface area contributed by atoms with Gasteiger partial charge in [0.25, 0.3) is 5.91 Å². The fraction of sp³-hybridized carbons (Fsp3) is 0.391. The van der Waals surface area contributed by atoms with Crippen LogP contribution in [0.15, 0.2) is 53.0 Å². The van der Waals surface area contributed by atoms with Gasteiger partial charge in [0, 0.05) is 37.2 Å². The molecule has 0 saturated carbocycles. The minimum atomic E-state index is -0.524. The van der Waals surface area contributed by atoms with Gasteiger partial charge < -0.3 is 9.64 Å². The summed E-state index contributed by atoms with van der Waals surface area (Å²) < 4.78 is 6.35. The second-order valence-corrected chi connectivity index (χ2v) is 9.08. The van der Waals surface area contributed by atoms with Gasteiger partial charge in [-0.3, -0.25) is 14.5 Å². The predicted octanol–water partition coefficient (Wildman–Crippen LogP) is 4.49. The normalized spacial score (nSPS) is 11.4. The molecule has 0 spiro atoms. The molecule has 0 bridgehead atoms. The Morgan fingerprint density at radius 2 is 1.66 bits per heavy atom. The number of amides is 1. The summed E-state index contributed by atoms with van der Waals surface area (Å²) in [4.78, 5) is 28.2. The van der Waals surface area contributed by atoms with Crippen molar-refractivity contribution in [3.05, 3.63) is 69.7 Å². The number of halogens is 1. The highest BCUT2D eigenvalue weighted by Gasteiger charge is 2.20. The van der Waals surface area contributed by atoms with Crippen LogP contribution in [0.3, 0.4) is 0 Å². The molecule has 0 aliphatic heterocycles. The van der Waals surface area contributed by atoms with Crippen molar-refractivity contribution in [3.63, 3.8) is 0 Å². The van der Waals surface area contributed by atoms with Gasteiger partial charge in [-0.15, -0.1) is 0 Å². The summed E-state index contributed by atoms with van der Waals surface area (Å²) in [6.45, 7) is 6.93. The SMILES string of the molecule is CN(C)C(=O)c1ccc(CN(CC(=O)OC(C)(C)C)Cc2ccccc2)c(Br)c1. The lowest BCUT2D eigenvalue weighted by molar-refractivity contribution is -0.156. The summed E-state index contributed by atoms with van der Waals surface area (Å²) >= 11 is 3.58. The van der Waals surface area contributed by atoms with Crippen molar-refractivity contribution in [3.8, 4) is 0 Å². The molecule has 0 aliphatic carbocycles. The van der Waals surface area contributed by atoms with E-state index < -0.39 is 5.60 Å². The maximum Gasteiger partial charge on any atom is 0.320 e. The summed E-state index contributed by atoms with van der Waals surface area (Å²) in [6.07, 6.45) is 0. The second-order valence-electron chi connectivity index (χ2n) is 8.22. The third-order valence-corrected chi connectivity index (χ3v) is 4.86. The first kappa shape index (κ1) is 23.1. The van der Waals surface area contributed by atoms with Crippen LogP contribution in [-0.2, 0) is 22.6 Å². The van der Waals surface area contributed by atoms with E-state index in [1.807, 2.05) is 74.2 Å². The van der Waals surface area contributed by atoms with Crippen molar-refractivity contribution in [2.24, 2.45) is 0 Å². The highest BCUT2D eigenvalue weighted by molar-refractivity contribution is 9.10. The Morgan fingerprint density at radius 3 is 2.21 bits per heavy atom. The molecule has 0 aromatic heterocycles. The lowest BCUT2D eigenvalue weighted by Crippen LogP contribution is -2.34. The molecule has 2 aromatic rings. The topological polar surface area (TPSA) is 49.9 Å². The Balaban J connectivity index is 2.20. The Hall–Kier alpha value is -2.18. The first-order valence-corrected chi connectivity index (χ1v) is 10.3. The monoisotopic (exact) mass is 460 g/mol.